The van der Waals surface area contributed by atoms with Crippen LogP contribution in [-0.2, 0) is 0 Å². The van der Waals surface area contributed by atoms with Gasteiger partial charge in [-0.15, -0.1) is 0 Å². The largest absolute Gasteiger partial charge is 1.00 e. The summed E-state index contributed by atoms with van der Waals surface area (Å²) in [7, 11) is -0.914. The van der Waals surface area contributed by atoms with Crippen LogP contribution in [0.2, 0.25) is 0 Å². The first-order chi connectivity index (χ1) is 17.0. The van der Waals surface area contributed by atoms with Crippen molar-refractivity contribution in [2.24, 2.45) is 0 Å². The molecule has 186 valence electrons. The lowest BCUT2D eigenvalue weighted by Gasteiger charge is -2.33. The Balaban J connectivity index is 0.00000304. The van der Waals surface area contributed by atoms with E-state index in [1.807, 2.05) is 0 Å². The second kappa shape index (κ2) is 12.0. The first-order valence-electron chi connectivity index (χ1n) is 12.7. The predicted molar refractivity (Wildman–Crippen MR) is 156 cm³/mol. The second-order valence-electron chi connectivity index (χ2n) is 9.98. The zero-order valence-corrected chi connectivity index (χ0v) is 24.2. The number of aryl methyl sites for hydroxylation is 4. The van der Waals surface area contributed by atoms with Gasteiger partial charge in [0.25, 0.3) is 0 Å². The number of rotatable bonds is 6. The van der Waals surface area contributed by atoms with Gasteiger partial charge >= 0.3 is 0 Å². The highest BCUT2D eigenvalue weighted by Gasteiger charge is 2.43. The van der Waals surface area contributed by atoms with Crippen molar-refractivity contribution in [3.63, 3.8) is 0 Å². The van der Waals surface area contributed by atoms with Crippen molar-refractivity contribution in [2.45, 2.75) is 39.0 Å². The van der Waals surface area contributed by atoms with Gasteiger partial charge in [-0.1, -0.05) is 119 Å². The quantitative estimate of drug-likeness (QED) is 0.366. The Morgan fingerprint density at radius 1 is 0.444 bits per heavy atom. The summed E-state index contributed by atoms with van der Waals surface area (Å²) in [6.45, 7) is 11.2. The summed E-state index contributed by atoms with van der Waals surface area (Å²) in [6, 6.07) is 37.6. The van der Waals surface area contributed by atoms with Crippen LogP contribution in [0.3, 0.4) is 0 Å². The van der Waals surface area contributed by atoms with Crippen LogP contribution in [0.25, 0.3) is 0 Å². The highest BCUT2D eigenvalue weighted by Crippen LogP contribution is 2.51. The molecule has 1 nitrogen and oxygen atoms in total. The van der Waals surface area contributed by atoms with Crippen LogP contribution < -0.4 is 38.9 Å². The van der Waals surface area contributed by atoms with Gasteiger partial charge in [0.1, 0.15) is 0 Å². The number of hydrogen-bond acceptors (Lipinski definition) is 0. The van der Waals surface area contributed by atoms with Crippen molar-refractivity contribution in [2.75, 3.05) is 13.1 Å². The number of quaternary nitrogens is 1. The highest BCUT2D eigenvalue weighted by atomic mass is 35.5. The average molecular weight is 532 g/mol. The molecule has 0 saturated carbocycles. The minimum atomic E-state index is -0.457. The van der Waals surface area contributed by atoms with Crippen molar-refractivity contribution >= 4 is 37.1 Å². The third-order valence-electron chi connectivity index (χ3n) is 7.17. The van der Waals surface area contributed by atoms with E-state index >= 15 is 0 Å². The molecule has 5 rings (SSSR count). The van der Waals surface area contributed by atoms with Gasteiger partial charge in [0.05, 0.1) is 13.1 Å². The van der Waals surface area contributed by atoms with Gasteiger partial charge in [-0.3, -0.25) is 0 Å². The second-order valence-corrected chi connectivity index (χ2v) is 14.8. The number of halogens is 1. The van der Waals surface area contributed by atoms with Gasteiger partial charge in [-0.25, -0.2) is 0 Å². The molecule has 2 N–H and O–H groups in total. The van der Waals surface area contributed by atoms with Gasteiger partial charge in [-0.05, 0) is 64.8 Å². The summed E-state index contributed by atoms with van der Waals surface area (Å²) in [5.74, 6) is 0. The fourth-order valence-corrected chi connectivity index (χ4v) is 11.7. The first-order valence-corrected chi connectivity index (χ1v) is 15.5. The van der Waals surface area contributed by atoms with Gasteiger partial charge in [-0.2, -0.15) is 0 Å². The van der Waals surface area contributed by atoms with E-state index in [4.69, 9.17) is 0 Å². The normalized spacial score (nSPS) is 17.4. The van der Waals surface area contributed by atoms with Gasteiger partial charge in [0, 0.05) is 11.3 Å². The SMILES string of the molecule is Cc1ccc(P(c2ccc(C)cc2)[C@@H]2C[NH2+]C[C@H]2P(c2ccc(C)cc2)c2ccc(C)cc2)cc1.[Cl-]. The van der Waals surface area contributed by atoms with E-state index in [1.54, 1.807) is 0 Å². The number of benzene rings is 4. The van der Waals surface area contributed by atoms with Crippen LogP contribution in [0.4, 0.5) is 0 Å². The van der Waals surface area contributed by atoms with Crippen LogP contribution in [-0.4, -0.2) is 24.4 Å². The van der Waals surface area contributed by atoms with Crippen molar-refractivity contribution < 1.29 is 17.7 Å². The molecule has 4 heteroatoms. The lowest BCUT2D eigenvalue weighted by atomic mass is 10.2. The molecule has 0 aromatic heterocycles. The molecule has 2 atom stereocenters. The lowest BCUT2D eigenvalue weighted by molar-refractivity contribution is -0.634. The standard InChI is InChI=1S/C32H35NP2.ClH/c1-23-5-13-27(14-6-23)34(28-15-7-24(2)8-16-28)31-21-33-22-32(31)35(29-17-9-25(3)10-18-29)30-19-11-26(4)12-20-30;/h5-20,31-33H,21-22H2,1-4H3;1H/t31-,32-;/m1./s1. The van der Waals surface area contributed by atoms with Crippen LogP contribution in [0.5, 0.6) is 0 Å². The van der Waals surface area contributed by atoms with Gasteiger partial charge < -0.3 is 17.7 Å². The Morgan fingerprint density at radius 2 is 0.667 bits per heavy atom. The average Bonchev–Trinajstić information content (AvgIpc) is 3.33. The van der Waals surface area contributed by atoms with Crippen molar-refractivity contribution in [1.29, 1.82) is 0 Å². The topological polar surface area (TPSA) is 16.6 Å². The van der Waals surface area contributed by atoms with Crippen molar-refractivity contribution in [3.8, 4) is 0 Å². The van der Waals surface area contributed by atoms with Gasteiger partial charge in [0.15, 0.2) is 0 Å². The first kappa shape index (κ1) is 27.0. The Kier molecular flexibility index (Phi) is 9.03. The maximum atomic E-state index is 2.59. The van der Waals surface area contributed by atoms with E-state index in [2.05, 4.69) is 130 Å². The highest BCUT2D eigenvalue weighted by molar-refractivity contribution is 7.77. The molecule has 0 amide bonds. The molecule has 1 aliphatic rings. The predicted octanol–water partition coefficient (Wildman–Crippen LogP) is 1.80. The molecule has 0 spiro atoms. The Morgan fingerprint density at radius 3 is 0.889 bits per heavy atom. The van der Waals surface area contributed by atoms with Gasteiger partial charge in [0.2, 0.25) is 0 Å². The smallest absolute Gasteiger partial charge is 0.0838 e. The molecule has 0 bridgehead atoms. The summed E-state index contributed by atoms with van der Waals surface area (Å²) in [5.41, 5.74) is 6.63. The van der Waals surface area contributed by atoms with Crippen LogP contribution >= 0.6 is 15.8 Å². The summed E-state index contributed by atoms with van der Waals surface area (Å²) in [6.07, 6.45) is 0. The summed E-state index contributed by atoms with van der Waals surface area (Å²) < 4.78 is 0. The molecule has 1 heterocycles. The lowest BCUT2D eigenvalue weighted by Crippen LogP contribution is -3.00. The Bertz CT molecular complexity index is 1060. The Hall–Kier alpha value is -2.01. The van der Waals surface area contributed by atoms with Crippen molar-refractivity contribution in [1.82, 2.24) is 0 Å². The summed E-state index contributed by atoms with van der Waals surface area (Å²) in [4.78, 5) is 0. The minimum Gasteiger partial charge on any atom is -1.00 e. The van der Waals surface area contributed by atoms with E-state index in [1.165, 1.54) is 56.6 Å². The fraction of sp³-hybridized carbons (Fsp3) is 0.250. The number of nitrogens with two attached hydrogens (primary N) is 1. The molecule has 0 radical (unpaired) electrons. The van der Waals surface area contributed by atoms with Crippen LogP contribution in [0, 0.1) is 27.7 Å². The molecule has 1 aliphatic heterocycles. The molecule has 1 fully saturated rings. The van der Waals surface area contributed by atoms with E-state index in [0.717, 1.165) is 0 Å². The molecule has 36 heavy (non-hydrogen) atoms. The fourth-order valence-electron chi connectivity index (χ4n) is 5.19. The Labute approximate surface area is 225 Å². The molecular formula is C32H36ClNP2. The maximum Gasteiger partial charge on any atom is 0.0838 e. The third-order valence-corrected chi connectivity index (χ3v) is 13.3. The van der Waals surface area contributed by atoms with E-state index in [9.17, 15) is 0 Å². The maximum absolute atomic E-state index is 2.59. The molecule has 4 aromatic carbocycles. The zero-order valence-electron chi connectivity index (χ0n) is 21.7. The molecule has 0 aliphatic carbocycles. The molecule has 1 saturated heterocycles. The molecule has 0 unspecified atom stereocenters. The van der Waals surface area contributed by atoms with E-state index < -0.39 is 15.8 Å². The summed E-state index contributed by atoms with van der Waals surface area (Å²) >= 11 is 0. The molecular weight excluding hydrogens is 496 g/mol. The number of hydrogen-bond donors (Lipinski definition) is 1. The zero-order chi connectivity index (χ0) is 24.4. The summed E-state index contributed by atoms with van der Waals surface area (Å²) in [5, 5.41) is 8.65. The van der Waals surface area contributed by atoms with E-state index in [-0.39, 0.29) is 12.4 Å². The molecule has 4 aromatic rings. The monoisotopic (exact) mass is 531 g/mol. The van der Waals surface area contributed by atoms with Crippen LogP contribution in [0.1, 0.15) is 22.3 Å². The minimum absolute atomic E-state index is 0. The van der Waals surface area contributed by atoms with E-state index in [0.29, 0.717) is 11.3 Å². The van der Waals surface area contributed by atoms with Crippen molar-refractivity contribution in [3.05, 3.63) is 119 Å². The third kappa shape index (κ3) is 5.93. The van der Waals surface area contributed by atoms with Crippen LogP contribution in [0.15, 0.2) is 97.1 Å².